The van der Waals surface area contributed by atoms with Crippen molar-refractivity contribution in [2.75, 3.05) is 26.4 Å². The molecule has 12 heteroatoms. The normalized spacial score (nSPS) is 14.4. The summed E-state index contributed by atoms with van der Waals surface area (Å²) in [6.07, 6.45) is 79.1. The minimum Gasteiger partial charge on any atom is -0.462 e. The molecular weight excluding hydrogens is 1020 g/mol. The highest BCUT2D eigenvalue weighted by atomic mass is 31.2. The van der Waals surface area contributed by atoms with Crippen LogP contribution in [0.25, 0.3) is 0 Å². The van der Waals surface area contributed by atoms with E-state index in [4.69, 9.17) is 23.3 Å². The Morgan fingerprint density at radius 2 is 0.625 bits per heavy atom. The molecule has 0 amide bonds. The molecule has 0 radical (unpaired) electrons. The molecule has 0 aliphatic carbocycles. The van der Waals surface area contributed by atoms with Gasteiger partial charge in [0.15, 0.2) is 6.10 Å². The van der Waals surface area contributed by atoms with Crippen molar-refractivity contribution in [3.63, 3.8) is 0 Å². The van der Waals surface area contributed by atoms with E-state index in [1.165, 1.54) is 0 Å². The van der Waals surface area contributed by atoms with Crippen molar-refractivity contribution < 1.29 is 52.2 Å². The highest BCUT2D eigenvalue weighted by Crippen LogP contribution is 2.43. The summed E-state index contributed by atoms with van der Waals surface area (Å²) in [5.41, 5.74) is 0. The number of phosphoric acid groups is 1. The second kappa shape index (κ2) is 60.2. The zero-order valence-electron chi connectivity index (χ0n) is 49.7. The number of aliphatic hydroxyl groups is 1. The average molecular weight is 1130 g/mol. The third-order valence-electron chi connectivity index (χ3n) is 11.9. The number of esters is 3. The Labute approximate surface area is 485 Å². The van der Waals surface area contributed by atoms with Crippen LogP contribution in [0.15, 0.2) is 158 Å². The third kappa shape index (κ3) is 57.8. The Balaban J connectivity index is 4.87. The van der Waals surface area contributed by atoms with Crippen LogP contribution < -0.4 is 0 Å². The topological polar surface area (TPSA) is 155 Å². The molecular formula is C68H107O11P. The number of phosphoric ester groups is 1. The first kappa shape index (κ1) is 75.1. The lowest BCUT2D eigenvalue weighted by molar-refractivity contribution is -0.161. The van der Waals surface area contributed by atoms with Gasteiger partial charge in [-0.15, -0.1) is 0 Å². The van der Waals surface area contributed by atoms with E-state index < -0.39 is 57.8 Å². The molecule has 3 unspecified atom stereocenters. The SMILES string of the molecule is CC/C=C\C/C=C\C/C=C\C/C=C\C/C=C\CCCC(=O)OC(CO)COP(=O)(O)OCC(COC(=O)CCCCCC/C=C\C/C=C\C/C=C\C/C=C\CC)OC(=O)CCCCCCCC/C=C\C/C=C\C/C=C\C/C=C\CC. The van der Waals surface area contributed by atoms with Crippen molar-refractivity contribution in [1.82, 2.24) is 0 Å². The van der Waals surface area contributed by atoms with Gasteiger partial charge in [-0.1, -0.05) is 217 Å². The molecule has 2 N–H and O–H groups in total. The van der Waals surface area contributed by atoms with Gasteiger partial charge in [-0.25, -0.2) is 4.57 Å². The van der Waals surface area contributed by atoms with Crippen LogP contribution in [0.2, 0.25) is 0 Å². The number of unbranched alkanes of at least 4 members (excludes halogenated alkanes) is 11. The lowest BCUT2D eigenvalue weighted by Gasteiger charge is -2.21. The number of ether oxygens (including phenoxy) is 3. The largest absolute Gasteiger partial charge is 0.472 e. The van der Waals surface area contributed by atoms with Gasteiger partial charge in [-0.3, -0.25) is 23.4 Å². The molecule has 11 nitrogen and oxygen atoms in total. The van der Waals surface area contributed by atoms with Crippen molar-refractivity contribution in [2.24, 2.45) is 0 Å². The summed E-state index contributed by atoms with van der Waals surface area (Å²) in [7, 11) is -4.79. The minimum atomic E-state index is -4.79. The van der Waals surface area contributed by atoms with Crippen LogP contribution in [0.1, 0.15) is 213 Å². The number of carbonyl (C=O) groups is 3. The summed E-state index contributed by atoms with van der Waals surface area (Å²) in [6.45, 7) is 4.18. The Hall–Kier alpha value is -4.90. The molecule has 0 aliphatic heterocycles. The van der Waals surface area contributed by atoms with E-state index in [2.05, 4.69) is 167 Å². The van der Waals surface area contributed by atoms with Gasteiger partial charge in [-0.05, 0) is 135 Å². The number of aliphatic hydroxyl groups excluding tert-OH is 1. The van der Waals surface area contributed by atoms with Crippen LogP contribution in [0.4, 0.5) is 0 Å². The zero-order valence-corrected chi connectivity index (χ0v) is 50.6. The molecule has 80 heavy (non-hydrogen) atoms. The number of carbonyl (C=O) groups excluding carboxylic acids is 3. The van der Waals surface area contributed by atoms with Crippen molar-refractivity contribution >= 4 is 25.7 Å². The molecule has 0 aromatic carbocycles. The van der Waals surface area contributed by atoms with Crippen molar-refractivity contribution in [1.29, 1.82) is 0 Å². The van der Waals surface area contributed by atoms with Crippen molar-refractivity contribution in [2.45, 2.75) is 226 Å². The maximum absolute atomic E-state index is 12.9. The molecule has 0 rings (SSSR count). The Morgan fingerprint density at radius 3 is 0.988 bits per heavy atom. The predicted octanol–water partition coefficient (Wildman–Crippen LogP) is 18.5. The fourth-order valence-electron chi connectivity index (χ4n) is 7.43. The highest BCUT2D eigenvalue weighted by molar-refractivity contribution is 7.47. The Bertz CT molecular complexity index is 1950. The van der Waals surface area contributed by atoms with E-state index in [-0.39, 0.29) is 25.9 Å². The summed E-state index contributed by atoms with van der Waals surface area (Å²) in [6, 6.07) is 0. The summed E-state index contributed by atoms with van der Waals surface area (Å²) < 4.78 is 39.5. The lowest BCUT2D eigenvalue weighted by atomic mass is 10.1. The standard InChI is InChI=1S/C68H107O11P/c1-4-7-10-13-16-19-22-25-28-31-32-35-38-41-44-47-50-53-56-59-68(72)79-65(61-75-66(70)57-54-51-48-45-42-39-36-33-29-26-23-20-17-14-11-8-5-2)63-77-80(73,74)76-62-64(60-69)78-67(71)58-55-52-49-46-43-40-37-34-30-27-24-21-18-15-12-9-6-3/h7-12,16-21,25-30,32,35-37,39-40,46,49,64-65,69H,4-6,13-15,22-24,31,33-34,38,41-45,47-48,50-63H2,1-3H3,(H,73,74)/b10-7-,11-8-,12-9-,19-16-,20-17-,21-18-,28-25-,29-26-,30-27-,35-32-,39-36-,40-37-,49-46-. The second-order valence-corrected chi connectivity index (χ2v) is 20.8. The highest BCUT2D eigenvalue weighted by Gasteiger charge is 2.28. The lowest BCUT2D eigenvalue weighted by Crippen LogP contribution is -2.30. The first-order chi connectivity index (χ1) is 39.2. The maximum Gasteiger partial charge on any atom is 0.472 e. The van der Waals surface area contributed by atoms with Gasteiger partial charge in [0.05, 0.1) is 19.8 Å². The van der Waals surface area contributed by atoms with Crippen LogP contribution in [-0.2, 0) is 42.2 Å². The number of hydrogen-bond acceptors (Lipinski definition) is 10. The summed E-state index contributed by atoms with van der Waals surface area (Å²) in [4.78, 5) is 48.7. The Morgan fingerprint density at radius 1 is 0.350 bits per heavy atom. The fraction of sp³-hybridized carbons (Fsp3) is 0.574. The smallest absolute Gasteiger partial charge is 0.462 e. The van der Waals surface area contributed by atoms with Crippen LogP contribution in [0.3, 0.4) is 0 Å². The molecule has 0 aromatic heterocycles. The van der Waals surface area contributed by atoms with Crippen molar-refractivity contribution in [3.05, 3.63) is 158 Å². The minimum absolute atomic E-state index is 0.0871. The van der Waals surface area contributed by atoms with Gasteiger partial charge in [0.2, 0.25) is 0 Å². The van der Waals surface area contributed by atoms with Crippen LogP contribution in [-0.4, -0.2) is 66.5 Å². The molecule has 0 fully saturated rings. The first-order valence-electron chi connectivity index (χ1n) is 30.4. The molecule has 0 bridgehead atoms. The molecule has 0 heterocycles. The number of hydrogen-bond donors (Lipinski definition) is 2. The molecule has 0 aromatic rings. The summed E-state index contributed by atoms with van der Waals surface area (Å²) in [5, 5.41) is 9.83. The van der Waals surface area contributed by atoms with Crippen molar-refractivity contribution in [3.8, 4) is 0 Å². The monoisotopic (exact) mass is 1130 g/mol. The molecule has 3 atom stereocenters. The van der Waals surface area contributed by atoms with Gasteiger partial charge in [-0.2, -0.15) is 0 Å². The van der Waals surface area contributed by atoms with E-state index >= 15 is 0 Å². The van der Waals surface area contributed by atoms with Crippen LogP contribution in [0, 0.1) is 0 Å². The molecule has 0 saturated carbocycles. The van der Waals surface area contributed by atoms with Gasteiger partial charge in [0.25, 0.3) is 0 Å². The molecule has 0 spiro atoms. The van der Waals surface area contributed by atoms with E-state index in [0.717, 1.165) is 148 Å². The van der Waals surface area contributed by atoms with Gasteiger partial charge in [0.1, 0.15) is 12.7 Å². The number of rotatable bonds is 54. The second-order valence-electron chi connectivity index (χ2n) is 19.4. The summed E-state index contributed by atoms with van der Waals surface area (Å²) >= 11 is 0. The summed E-state index contributed by atoms with van der Waals surface area (Å²) in [5.74, 6) is -1.59. The van der Waals surface area contributed by atoms with Crippen LogP contribution in [0.5, 0.6) is 0 Å². The van der Waals surface area contributed by atoms with Gasteiger partial charge in [0, 0.05) is 19.3 Å². The van der Waals surface area contributed by atoms with E-state index in [1.54, 1.807) is 0 Å². The van der Waals surface area contributed by atoms with E-state index in [9.17, 15) is 28.9 Å². The van der Waals surface area contributed by atoms with Gasteiger partial charge < -0.3 is 24.2 Å². The fourth-order valence-corrected chi connectivity index (χ4v) is 8.22. The quantitative estimate of drug-likeness (QED) is 0.0197. The Kier molecular flexibility index (Phi) is 56.5. The maximum atomic E-state index is 12.9. The number of allylic oxidation sites excluding steroid dienone is 26. The van der Waals surface area contributed by atoms with Gasteiger partial charge >= 0.3 is 25.7 Å². The molecule has 0 saturated heterocycles. The third-order valence-corrected chi connectivity index (χ3v) is 12.9. The van der Waals surface area contributed by atoms with Crippen LogP contribution >= 0.6 is 7.82 Å². The predicted molar refractivity (Wildman–Crippen MR) is 334 cm³/mol. The molecule has 450 valence electrons. The van der Waals surface area contributed by atoms with E-state index in [0.29, 0.717) is 25.7 Å². The van der Waals surface area contributed by atoms with E-state index in [1.807, 2.05) is 12.2 Å². The zero-order chi connectivity index (χ0) is 58.3. The average Bonchev–Trinajstić information content (AvgIpc) is 3.45. The molecule has 0 aliphatic rings. The first-order valence-corrected chi connectivity index (χ1v) is 31.9.